The molecule has 2 aromatic rings. The first kappa shape index (κ1) is 47.4. The van der Waals surface area contributed by atoms with Gasteiger partial charge in [-0.1, -0.05) is 0 Å². The number of amides is 1. The third-order valence-electron chi connectivity index (χ3n) is 9.37. The molecule has 4 unspecified atom stereocenters. The van der Waals surface area contributed by atoms with Crippen LogP contribution in [0.5, 0.6) is 28.7 Å². The summed E-state index contributed by atoms with van der Waals surface area (Å²) >= 11 is 0. The van der Waals surface area contributed by atoms with Gasteiger partial charge in [0.2, 0.25) is 18.4 Å². The molecule has 0 bridgehead atoms. The molecule has 7 N–H and O–H groups in total. The normalized spacial score (nSPS) is 19.0. The molecule has 2 heterocycles. The number of aromatic hydroxyl groups is 1. The molecule has 0 spiro atoms. The molecule has 1 saturated heterocycles. The molecule has 1 aliphatic carbocycles. The molecule has 0 saturated carbocycles. The van der Waals surface area contributed by atoms with E-state index in [0.29, 0.717) is 17.1 Å². The van der Waals surface area contributed by atoms with Gasteiger partial charge < -0.3 is 55.8 Å². The van der Waals surface area contributed by atoms with Crippen LogP contribution in [0.2, 0.25) is 0 Å². The zero-order valence-corrected chi connectivity index (χ0v) is 33.0. The van der Waals surface area contributed by atoms with Crippen molar-refractivity contribution in [3.05, 3.63) is 41.0 Å². The van der Waals surface area contributed by atoms with E-state index in [0.717, 1.165) is 88.9 Å². The molecule has 13 nitrogen and oxygen atoms in total. The number of carbonyl (C=O) groups excluding carboxylic acids is 2. The number of halogens is 4. The lowest BCUT2D eigenvalue weighted by Gasteiger charge is -2.39. The number of phenols is 1. The van der Waals surface area contributed by atoms with Crippen molar-refractivity contribution in [1.29, 1.82) is 0 Å². The van der Waals surface area contributed by atoms with Crippen molar-refractivity contribution in [2.45, 2.75) is 50.5 Å². The number of nitrogens with two attached hydrogens (primary N) is 1. The zero-order chi connectivity index (χ0) is 33.9. The Hall–Kier alpha value is -2.62. The summed E-state index contributed by atoms with van der Waals surface area (Å²) in [4.78, 5) is 26.6. The minimum Gasteiger partial charge on any atom is -0.502 e. The van der Waals surface area contributed by atoms with E-state index >= 15 is 0 Å². The van der Waals surface area contributed by atoms with Crippen LogP contribution in [0.3, 0.4) is 0 Å². The summed E-state index contributed by atoms with van der Waals surface area (Å²) < 4.78 is 27.9. The maximum absolute atomic E-state index is 13.3. The Kier molecular flexibility index (Phi) is 21.8. The third kappa shape index (κ3) is 11.7. The first-order valence-electron chi connectivity index (χ1n) is 17.1. The Morgan fingerprint density at radius 2 is 1.31 bits per heavy atom. The fraction of sp³-hybridized carbons (Fsp3) is 0.600. The van der Waals surface area contributed by atoms with Crippen molar-refractivity contribution in [3.63, 3.8) is 0 Å². The van der Waals surface area contributed by atoms with Gasteiger partial charge in [0.05, 0.1) is 39.3 Å². The summed E-state index contributed by atoms with van der Waals surface area (Å²) in [5.41, 5.74) is 7.86. The van der Waals surface area contributed by atoms with Gasteiger partial charge in [-0.3, -0.25) is 9.59 Å². The second-order valence-electron chi connectivity index (χ2n) is 12.5. The van der Waals surface area contributed by atoms with Gasteiger partial charge in [0, 0.05) is 11.8 Å². The van der Waals surface area contributed by atoms with E-state index in [1.54, 1.807) is 12.1 Å². The summed E-state index contributed by atoms with van der Waals surface area (Å²) in [6, 6.07) is 6.71. The number of nitrogens with one attached hydrogen (secondary N) is 4. The molecule has 3 aliphatic rings. The number of hydrogen-bond donors (Lipinski definition) is 6. The van der Waals surface area contributed by atoms with Gasteiger partial charge in [-0.2, -0.15) is 0 Å². The first-order valence-corrected chi connectivity index (χ1v) is 17.1. The Labute approximate surface area is 331 Å². The van der Waals surface area contributed by atoms with E-state index in [1.165, 1.54) is 14.2 Å². The van der Waals surface area contributed by atoms with Crippen LogP contribution in [0.4, 0.5) is 0 Å². The van der Waals surface area contributed by atoms with Gasteiger partial charge in [0.25, 0.3) is 0 Å². The fourth-order valence-corrected chi connectivity index (χ4v) is 6.91. The number of cyclic esters (lactones) is 1. The standard InChI is InChI=1S/C35H51N5O8.4ClH/c1-44-28-15-22(16-29(45-2)34(28)42)31-23-17-26-27(48-21-47-26)18-24(23)33(25-20-46-35(43)32(25)31)40-30(41)19-39-14-8-7-13-38-12-6-5-11-37-10-4-3-9-36;;;;/h15-18,25,31-33,37-39,42H,3-14,19-21,36H2,1-2H3,(H,40,41);4*1H. The van der Waals surface area contributed by atoms with E-state index in [9.17, 15) is 14.7 Å². The van der Waals surface area contributed by atoms with E-state index in [1.807, 2.05) is 12.1 Å². The molecule has 2 aromatic carbocycles. The Balaban J connectivity index is 0.00000338. The quantitative estimate of drug-likeness (QED) is 0.0840. The van der Waals surface area contributed by atoms with E-state index < -0.39 is 17.9 Å². The number of rotatable bonds is 20. The predicted molar refractivity (Wildman–Crippen MR) is 209 cm³/mol. The summed E-state index contributed by atoms with van der Waals surface area (Å²) in [5, 5.41) is 24.0. The van der Waals surface area contributed by atoms with Gasteiger partial charge in [-0.25, -0.2) is 0 Å². The van der Waals surface area contributed by atoms with Crippen molar-refractivity contribution in [3.8, 4) is 28.7 Å². The van der Waals surface area contributed by atoms with Crippen LogP contribution in [-0.2, 0) is 14.3 Å². The molecule has 296 valence electrons. The van der Waals surface area contributed by atoms with Crippen LogP contribution in [0.1, 0.15) is 67.2 Å². The highest BCUT2D eigenvalue weighted by Gasteiger charge is 2.53. The number of fused-ring (bicyclic) bond motifs is 3. The molecule has 5 rings (SSSR count). The van der Waals surface area contributed by atoms with Crippen molar-refractivity contribution >= 4 is 61.5 Å². The number of phenolic OH excluding ortho intramolecular Hbond substituents is 1. The molecule has 2 aliphatic heterocycles. The number of ether oxygens (including phenoxy) is 5. The lowest BCUT2D eigenvalue weighted by molar-refractivity contribution is -0.141. The van der Waals surface area contributed by atoms with Gasteiger partial charge in [-0.05, 0) is 119 Å². The monoisotopic (exact) mass is 813 g/mol. The lowest BCUT2D eigenvalue weighted by Crippen LogP contribution is -2.45. The SMILES string of the molecule is COc1cc(C2c3cc4c(cc3C(NC(=O)CNCCCCNCCCCNCCCCN)C3COC(=O)C23)OCO4)cc(OC)c1O.Cl.Cl.Cl.Cl. The summed E-state index contributed by atoms with van der Waals surface area (Å²) in [6.07, 6.45) is 6.48. The minimum atomic E-state index is -0.597. The minimum absolute atomic E-state index is 0. The average molecular weight is 816 g/mol. The summed E-state index contributed by atoms with van der Waals surface area (Å²) in [7, 11) is 2.92. The maximum Gasteiger partial charge on any atom is 0.310 e. The Bertz CT molecular complexity index is 1390. The number of carbonyl (C=O) groups is 2. The van der Waals surface area contributed by atoms with Crippen LogP contribution >= 0.6 is 49.6 Å². The first-order chi connectivity index (χ1) is 23.5. The van der Waals surface area contributed by atoms with Crippen molar-refractivity contribution in [2.75, 3.05) is 73.4 Å². The zero-order valence-electron chi connectivity index (χ0n) is 29.7. The van der Waals surface area contributed by atoms with E-state index in [4.69, 9.17) is 29.4 Å². The number of methoxy groups -OCH3 is 2. The highest BCUT2D eigenvalue weighted by molar-refractivity contribution is 5.86. The second-order valence-corrected chi connectivity index (χ2v) is 12.5. The maximum atomic E-state index is 13.3. The largest absolute Gasteiger partial charge is 0.502 e. The van der Waals surface area contributed by atoms with Crippen LogP contribution in [-0.4, -0.2) is 90.4 Å². The average Bonchev–Trinajstić information content (AvgIpc) is 3.72. The highest BCUT2D eigenvalue weighted by Crippen LogP contribution is 2.55. The summed E-state index contributed by atoms with van der Waals surface area (Å²) in [6.45, 7) is 5.93. The molecule has 4 atom stereocenters. The van der Waals surface area contributed by atoms with Crippen molar-refractivity contribution in [2.24, 2.45) is 17.6 Å². The molecule has 1 fully saturated rings. The molecular weight excluding hydrogens is 760 g/mol. The van der Waals surface area contributed by atoms with Crippen LogP contribution in [0.15, 0.2) is 24.3 Å². The second kappa shape index (κ2) is 23.9. The van der Waals surface area contributed by atoms with Gasteiger partial charge in [0.15, 0.2) is 23.0 Å². The van der Waals surface area contributed by atoms with Crippen LogP contribution in [0, 0.1) is 11.8 Å². The summed E-state index contributed by atoms with van der Waals surface area (Å²) in [5.74, 6) is -0.438. The molecule has 0 aromatic heterocycles. The topological polar surface area (TPSA) is 175 Å². The predicted octanol–water partition coefficient (Wildman–Crippen LogP) is 3.99. The van der Waals surface area contributed by atoms with E-state index in [-0.39, 0.29) is 105 Å². The molecule has 0 radical (unpaired) electrons. The number of hydrogen-bond acceptors (Lipinski definition) is 12. The Morgan fingerprint density at radius 1 is 0.788 bits per heavy atom. The van der Waals surface area contributed by atoms with Crippen molar-refractivity contribution in [1.82, 2.24) is 21.3 Å². The molecule has 52 heavy (non-hydrogen) atoms. The third-order valence-corrected chi connectivity index (χ3v) is 9.37. The lowest BCUT2D eigenvalue weighted by atomic mass is 9.65. The molecule has 17 heteroatoms. The van der Waals surface area contributed by atoms with Crippen LogP contribution < -0.4 is 45.9 Å². The number of esters is 1. The molecular formula is C35H55Cl4N5O8. The van der Waals surface area contributed by atoms with Gasteiger partial charge in [0.1, 0.15) is 0 Å². The number of benzene rings is 2. The van der Waals surface area contributed by atoms with Crippen LogP contribution in [0.25, 0.3) is 0 Å². The van der Waals surface area contributed by atoms with Crippen molar-refractivity contribution < 1.29 is 38.4 Å². The molecule has 1 amide bonds. The Morgan fingerprint density at radius 3 is 1.85 bits per heavy atom. The van der Waals surface area contributed by atoms with Gasteiger partial charge in [-0.15, -0.1) is 49.6 Å². The fourth-order valence-electron chi connectivity index (χ4n) is 6.91. The smallest absolute Gasteiger partial charge is 0.310 e. The van der Waals surface area contributed by atoms with E-state index in [2.05, 4.69) is 21.3 Å². The highest BCUT2D eigenvalue weighted by atomic mass is 35.5. The van der Waals surface area contributed by atoms with Gasteiger partial charge >= 0.3 is 5.97 Å². The number of unbranched alkanes of at least 4 members (excludes halogenated alkanes) is 3.